The number of anilines is 2. The summed E-state index contributed by atoms with van der Waals surface area (Å²) in [4.78, 5) is 24.1. The lowest BCUT2D eigenvalue weighted by Crippen LogP contribution is -2.55. The van der Waals surface area contributed by atoms with Crippen molar-refractivity contribution in [2.75, 3.05) is 42.5 Å². The third kappa shape index (κ3) is 3.98. The van der Waals surface area contributed by atoms with Gasteiger partial charge in [-0.15, -0.1) is 0 Å². The Morgan fingerprint density at radius 1 is 1.00 bits per heavy atom. The van der Waals surface area contributed by atoms with Gasteiger partial charge in [0.05, 0.1) is 0 Å². The fourth-order valence-corrected chi connectivity index (χ4v) is 4.55. The number of piperazine rings is 1. The predicted molar refractivity (Wildman–Crippen MR) is 114 cm³/mol. The van der Waals surface area contributed by atoms with Crippen LogP contribution in [0.2, 0.25) is 0 Å². The predicted octanol–water partition coefficient (Wildman–Crippen LogP) is 3.34. The number of benzene rings is 1. The molecule has 1 unspecified atom stereocenters. The topological polar surface area (TPSA) is 39.7 Å². The minimum absolute atomic E-state index is 0.163. The van der Waals surface area contributed by atoms with E-state index in [1.165, 1.54) is 16.9 Å². The molecule has 148 valence electrons. The van der Waals surface area contributed by atoms with Crippen LogP contribution in [0.1, 0.15) is 25.3 Å². The molecule has 0 spiro atoms. The number of pyridine rings is 1. The molecule has 5 heteroatoms. The van der Waals surface area contributed by atoms with E-state index in [1.54, 1.807) is 0 Å². The first-order chi connectivity index (χ1) is 13.6. The highest BCUT2D eigenvalue weighted by Gasteiger charge is 2.32. The quantitative estimate of drug-likeness (QED) is 0.821. The lowest BCUT2D eigenvalue weighted by atomic mass is 9.94. The molecular weight excluding hydrogens is 348 g/mol. The molecule has 4 rings (SSSR count). The second-order valence-electron chi connectivity index (χ2n) is 8.13. The normalized spacial score (nSPS) is 21.1. The van der Waals surface area contributed by atoms with E-state index in [1.807, 2.05) is 24.5 Å². The highest BCUT2D eigenvalue weighted by Crippen LogP contribution is 2.26. The number of hydrogen-bond donors (Lipinski definition) is 0. The fraction of sp³-hybridized carbons (Fsp3) is 0.478. The number of carbonyl (C=O) groups excluding carboxylic acids is 1. The Hall–Kier alpha value is -2.56. The lowest BCUT2D eigenvalue weighted by Gasteiger charge is -2.43. The Labute approximate surface area is 168 Å². The number of amides is 1. The van der Waals surface area contributed by atoms with Crippen LogP contribution < -0.4 is 9.80 Å². The van der Waals surface area contributed by atoms with Gasteiger partial charge in [-0.2, -0.15) is 0 Å². The van der Waals surface area contributed by atoms with Crippen LogP contribution in [0, 0.1) is 12.8 Å². The molecule has 2 aliphatic rings. The standard InChI is InChI=1S/C23H30N4O/c1-18-4-3-5-22(16-18)27-15-14-26(17-19(27)2)23(28)20-8-12-25(13-9-20)21-6-10-24-11-7-21/h3-7,10-11,16,19-20H,8-9,12-15,17H2,1-2H3. The molecule has 2 aliphatic heterocycles. The van der Waals surface area contributed by atoms with Gasteiger partial charge in [0.25, 0.3) is 0 Å². The average Bonchev–Trinajstić information content (AvgIpc) is 2.74. The summed E-state index contributed by atoms with van der Waals surface area (Å²) in [7, 11) is 0. The van der Waals surface area contributed by atoms with Crippen molar-refractivity contribution < 1.29 is 4.79 Å². The fourth-order valence-electron chi connectivity index (χ4n) is 4.55. The van der Waals surface area contributed by atoms with Crippen molar-refractivity contribution in [2.24, 2.45) is 5.92 Å². The molecule has 2 aromatic rings. The Morgan fingerprint density at radius 2 is 1.75 bits per heavy atom. The van der Waals surface area contributed by atoms with Crippen LogP contribution in [-0.4, -0.2) is 54.6 Å². The van der Waals surface area contributed by atoms with Gasteiger partial charge in [0, 0.05) is 68.5 Å². The van der Waals surface area contributed by atoms with Crippen LogP contribution in [-0.2, 0) is 4.79 Å². The Bertz CT molecular complexity index is 801. The zero-order valence-corrected chi connectivity index (χ0v) is 16.9. The van der Waals surface area contributed by atoms with Gasteiger partial charge in [0.2, 0.25) is 5.91 Å². The summed E-state index contributed by atoms with van der Waals surface area (Å²) < 4.78 is 0. The van der Waals surface area contributed by atoms with Crippen molar-refractivity contribution in [1.82, 2.24) is 9.88 Å². The van der Waals surface area contributed by atoms with Crippen molar-refractivity contribution in [2.45, 2.75) is 32.7 Å². The summed E-state index contributed by atoms with van der Waals surface area (Å²) in [5, 5.41) is 0. The number of hydrogen-bond acceptors (Lipinski definition) is 4. The first-order valence-corrected chi connectivity index (χ1v) is 10.4. The zero-order chi connectivity index (χ0) is 19.5. The summed E-state index contributed by atoms with van der Waals surface area (Å²) in [6, 6.07) is 13.1. The Morgan fingerprint density at radius 3 is 2.43 bits per heavy atom. The van der Waals surface area contributed by atoms with E-state index in [0.29, 0.717) is 11.9 Å². The van der Waals surface area contributed by atoms with Gasteiger partial charge < -0.3 is 14.7 Å². The smallest absolute Gasteiger partial charge is 0.225 e. The molecule has 3 heterocycles. The molecule has 2 saturated heterocycles. The third-order valence-corrected chi connectivity index (χ3v) is 6.14. The minimum Gasteiger partial charge on any atom is -0.371 e. The van der Waals surface area contributed by atoms with E-state index in [0.717, 1.165) is 45.6 Å². The second kappa shape index (κ2) is 8.21. The Kier molecular flexibility index (Phi) is 5.51. The molecule has 0 radical (unpaired) electrons. The van der Waals surface area contributed by atoms with Crippen LogP contribution in [0.15, 0.2) is 48.8 Å². The molecule has 1 aromatic carbocycles. The van der Waals surface area contributed by atoms with Crippen LogP contribution in [0.25, 0.3) is 0 Å². The van der Waals surface area contributed by atoms with Gasteiger partial charge in [0.1, 0.15) is 0 Å². The van der Waals surface area contributed by atoms with E-state index in [2.05, 4.69) is 57.8 Å². The number of nitrogens with zero attached hydrogens (tertiary/aromatic N) is 4. The summed E-state index contributed by atoms with van der Waals surface area (Å²) >= 11 is 0. The van der Waals surface area contributed by atoms with Gasteiger partial charge in [-0.1, -0.05) is 12.1 Å². The van der Waals surface area contributed by atoms with Gasteiger partial charge >= 0.3 is 0 Å². The van der Waals surface area contributed by atoms with Gasteiger partial charge in [-0.3, -0.25) is 9.78 Å². The lowest BCUT2D eigenvalue weighted by molar-refractivity contribution is -0.137. The molecule has 0 N–H and O–H groups in total. The van der Waals surface area contributed by atoms with Crippen molar-refractivity contribution in [3.63, 3.8) is 0 Å². The van der Waals surface area contributed by atoms with Gasteiger partial charge in [0.15, 0.2) is 0 Å². The van der Waals surface area contributed by atoms with Gasteiger partial charge in [-0.05, 0) is 56.5 Å². The maximum atomic E-state index is 13.1. The number of rotatable bonds is 3. The highest BCUT2D eigenvalue weighted by atomic mass is 16.2. The molecule has 1 aromatic heterocycles. The molecule has 0 bridgehead atoms. The maximum absolute atomic E-state index is 13.1. The molecular formula is C23H30N4O. The van der Waals surface area contributed by atoms with Crippen molar-refractivity contribution in [3.05, 3.63) is 54.4 Å². The van der Waals surface area contributed by atoms with E-state index in [-0.39, 0.29) is 5.92 Å². The SMILES string of the molecule is Cc1cccc(N2CCN(C(=O)C3CCN(c4ccncc4)CC3)CC2C)c1. The van der Waals surface area contributed by atoms with Gasteiger partial charge in [-0.25, -0.2) is 0 Å². The largest absolute Gasteiger partial charge is 0.371 e. The molecule has 0 aliphatic carbocycles. The number of carbonyl (C=O) groups is 1. The zero-order valence-electron chi connectivity index (χ0n) is 16.9. The number of piperidine rings is 1. The molecule has 2 fully saturated rings. The van der Waals surface area contributed by atoms with E-state index in [4.69, 9.17) is 0 Å². The maximum Gasteiger partial charge on any atom is 0.225 e. The molecule has 28 heavy (non-hydrogen) atoms. The van der Waals surface area contributed by atoms with E-state index < -0.39 is 0 Å². The summed E-state index contributed by atoms with van der Waals surface area (Å²) in [6.07, 6.45) is 5.55. The highest BCUT2D eigenvalue weighted by molar-refractivity contribution is 5.79. The van der Waals surface area contributed by atoms with Crippen LogP contribution in [0.4, 0.5) is 11.4 Å². The van der Waals surface area contributed by atoms with Crippen molar-refractivity contribution in [1.29, 1.82) is 0 Å². The minimum atomic E-state index is 0.163. The van der Waals surface area contributed by atoms with Crippen molar-refractivity contribution in [3.8, 4) is 0 Å². The number of aryl methyl sites for hydroxylation is 1. The average molecular weight is 379 g/mol. The monoisotopic (exact) mass is 378 g/mol. The Balaban J connectivity index is 1.33. The van der Waals surface area contributed by atoms with E-state index in [9.17, 15) is 4.79 Å². The third-order valence-electron chi connectivity index (χ3n) is 6.14. The first kappa shape index (κ1) is 18.8. The molecule has 1 amide bonds. The van der Waals surface area contributed by atoms with Crippen LogP contribution in [0.3, 0.4) is 0 Å². The molecule has 5 nitrogen and oxygen atoms in total. The first-order valence-electron chi connectivity index (χ1n) is 10.4. The second-order valence-corrected chi connectivity index (χ2v) is 8.13. The van der Waals surface area contributed by atoms with E-state index >= 15 is 0 Å². The molecule has 1 atom stereocenters. The number of aromatic nitrogens is 1. The van der Waals surface area contributed by atoms with Crippen LogP contribution >= 0.6 is 0 Å². The van der Waals surface area contributed by atoms with Crippen LogP contribution in [0.5, 0.6) is 0 Å². The molecule has 0 saturated carbocycles. The summed E-state index contributed by atoms with van der Waals surface area (Å²) in [5.41, 5.74) is 3.76. The summed E-state index contributed by atoms with van der Waals surface area (Å²) in [6.45, 7) is 8.80. The van der Waals surface area contributed by atoms with Crippen molar-refractivity contribution >= 4 is 17.3 Å². The summed E-state index contributed by atoms with van der Waals surface area (Å²) in [5.74, 6) is 0.515.